The maximum Gasteiger partial charge on any atom is 0.253 e. The molecule has 0 atom stereocenters. The Morgan fingerprint density at radius 3 is 2.06 bits per heavy atom. The first kappa shape index (κ1) is 21.1. The summed E-state index contributed by atoms with van der Waals surface area (Å²) in [6, 6.07) is 15.8. The number of hydrogen-bond acceptors (Lipinski definition) is 7. The van der Waals surface area contributed by atoms with Gasteiger partial charge in [-0.1, -0.05) is 18.2 Å². The van der Waals surface area contributed by atoms with Crippen LogP contribution < -0.4 is 26.2 Å². The molecule has 31 heavy (non-hydrogen) atoms. The quantitative estimate of drug-likeness (QED) is 0.544. The van der Waals surface area contributed by atoms with E-state index in [4.69, 9.17) is 4.74 Å². The highest BCUT2D eigenvalue weighted by atomic mass is 32.2. The van der Waals surface area contributed by atoms with Crippen molar-refractivity contribution in [1.29, 1.82) is 0 Å². The predicted molar refractivity (Wildman–Crippen MR) is 121 cm³/mol. The normalized spacial score (nSPS) is 19.1. The molecular weight excluding hydrogens is 416 g/mol. The molecule has 1 aliphatic rings. The number of anilines is 3. The second-order valence-corrected chi connectivity index (χ2v) is 9.89. The maximum atomic E-state index is 12.1. The Hall–Kier alpha value is -3.13. The van der Waals surface area contributed by atoms with Gasteiger partial charge < -0.3 is 15.4 Å². The first-order valence-electron chi connectivity index (χ1n) is 10.2. The minimum absolute atomic E-state index is 0.0248. The Labute approximate surface area is 180 Å². The highest BCUT2D eigenvalue weighted by Crippen LogP contribution is 2.28. The number of hydrogen-bond donors (Lipinski definition) is 2. The van der Waals surface area contributed by atoms with E-state index in [0.29, 0.717) is 17.1 Å². The van der Waals surface area contributed by atoms with Crippen molar-refractivity contribution in [1.82, 2.24) is 0 Å². The van der Waals surface area contributed by atoms with Gasteiger partial charge >= 0.3 is 0 Å². The van der Waals surface area contributed by atoms with Gasteiger partial charge in [0.25, 0.3) is 10.9 Å². The fourth-order valence-electron chi connectivity index (χ4n) is 3.80. The van der Waals surface area contributed by atoms with Crippen molar-refractivity contribution in [3.05, 3.63) is 75.0 Å². The molecule has 1 aliphatic carbocycles. The van der Waals surface area contributed by atoms with Crippen LogP contribution in [-0.2, 0) is 9.84 Å². The monoisotopic (exact) mass is 440 g/mol. The second kappa shape index (κ2) is 8.55. The number of benzene rings is 2. The van der Waals surface area contributed by atoms with Gasteiger partial charge in [0, 0.05) is 18.0 Å². The van der Waals surface area contributed by atoms with Crippen LogP contribution in [0.2, 0.25) is 0 Å². The van der Waals surface area contributed by atoms with E-state index in [-0.39, 0.29) is 17.0 Å². The summed E-state index contributed by atoms with van der Waals surface area (Å²) >= 11 is 0. The summed E-state index contributed by atoms with van der Waals surface area (Å²) in [5.41, 5.74) is 0.454. The molecule has 1 fully saturated rings. The minimum atomic E-state index is -3.23. The first-order valence-corrected chi connectivity index (χ1v) is 12.1. The third kappa shape index (κ3) is 4.80. The van der Waals surface area contributed by atoms with Crippen LogP contribution in [0.15, 0.2) is 69.1 Å². The minimum Gasteiger partial charge on any atom is -0.490 e. The molecule has 0 saturated heterocycles. The predicted octanol–water partition coefficient (Wildman–Crippen LogP) is 3.23. The van der Waals surface area contributed by atoms with Crippen LogP contribution in [-0.4, -0.2) is 26.8 Å². The lowest BCUT2D eigenvalue weighted by Crippen LogP contribution is -2.40. The molecule has 1 saturated carbocycles. The zero-order chi connectivity index (χ0) is 22.0. The van der Waals surface area contributed by atoms with Gasteiger partial charge in [0.15, 0.2) is 9.84 Å². The average Bonchev–Trinajstić information content (AvgIpc) is 2.77. The van der Waals surface area contributed by atoms with Crippen LogP contribution in [0.5, 0.6) is 5.75 Å². The van der Waals surface area contributed by atoms with E-state index in [9.17, 15) is 18.0 Å². The van der Waals surface area contributed by atoms with Crippen molar-refractivity contribution in [2.24, 2.45) is 0 Å². The zero-order valence-electron chi connectivity index (χ0n) is 17.1. The summed E-state index contributed by atoms with van der Waals surface area (Å²) in [7, 11) is -3.23. The molecule has 0 heterocycles. The van der Waals surface area contributed by atoms with Crippen molar-refractivity contribution >= 4 is 26.9 Å². The highest BCUT2D eigenvalue weighted by Gasteiger charge is 2.27. The Kier molecular flexibility index (Phi) is 5.82. The van der Waals surface area contributed by atoms with E-state index in [0.717, 1.165) is 31.4 Å². The number of para-hydroxylation sites is 1. The molecule has 0 unspecified atom stereocenters. The molecule has 3 aromatic rings. The van der Waals surface area contributed by atoms with E-state index in [1.54, 1.807) is 24.3 Å². The van der Waals surface area contributed by atoms with E-state index < -0.39 is 20.7 Å². The largest absolute Gasteiger partial charge is 0.490 e. The lowest BCUT2D eigenvalue weighted by molar-refractivity contribution is 0.150. The van der Waals surface area contributed by atoms with E-state index >= 15 is 0 Å². The van der Waals surface area contributed by atoms with Gasteiger partial charge in [-0.25, -0.2) is 8.42 Å². The molecule has 0 aromatic heterocycles. The van der Waals surface area contributed by atoms with Crippen LogP contribution in [0.4, 0.5) is 17.1 Å². The molecule has 0 aliphatic heterocycles. The summed E-state index contributed by atoms with van der Waals surface area (Å²) in [5, 5.41) is 6.27. The van der Waals surface area contributed by atoms with Crippen molar-refractivity contribution in [3.8, 4) is 5.75 Å². The number of rotatable bonds is 7. The van der Waals surface area contributed by atoms with Gasteiger partial charge in [-0.3, -0.25) is 9.59 Å². The number of ether oxygens (including phenoxy) is 1. The Morgan fingerprint density at radius 1 is 0.839 bits per heavy atom. The number of nitrogens with one attached hydrogen (secondary N) is 2. The number of sulfone groups is 1. The van der Waals surface area contributed by atoms with Gasteiger partial charge in [-0.15, -0.1) is 0 Å². The summed E-state index contributed by atoms with van der Waals surface area (Å²) in [6.45, 7) is 0. The molecule has 0 radical (unpaired) electrons. The fourth-order valence-corrected chi connectivity index (χ4v) is 4.43. The first-order chi connectivity index (χ1) is 14.8. The van der Waals surface area contributed by atoms with Gasteiger partial charge in [-0.05, 0) is 62.1 Å². The SMILES string of the molecule is CS(=O)(=O)c1ccc(OC2CCC(Nc3c(Nc4ccccc4)c(=O)c3=O)CC2)cc1. The van der Waals surface area contributed by atoms with E-state index in [1.165, 1.54) is 6.26 Å². The second-order valence-electron chi connectivity index (χ2n) is 7.88. The van der Waals surface area contributed by atoms with Crippen LogP contribution >= 0.6 is 0 Å². The Bertz CT molecular complexity index is 1220. The molecular formula is C23H24N2O5S. The van der Waals surface area contributed by atoms with Gasteiger partial charge in [0.2, 0.25) is 0 Å². The molecule has 0 bridgehead atoms. The third-order valence-electron chi connectivity index (χ3n) is 5.53. The third-order valence-corrected chi connectivity index (χ3v) is 6.66. The lowest BCUT2D eigenvalue weighted by atomic mass is 9.92. The topological polar surface area (TPSA) is 102 Å². The van der Waals surface area contributed by atoms with Crippen molar-refractivity contribution < 1.29 is 13.2 Å². The van der Waals surface area contributed by atoms with Crippen molar-refractivity contribution in [3.63, 3.8) is 0 Å². The average molecular weight is 441 g/mol. The maximum absolute atomic E-state index is 12.1. The summed E-state index contributed by atoms with van der Waals surface area (Å²) < 4.78 is 29.1. The highest BCUT2D eigenvalue weighted by molar-refractivity contribution is 7.90. The lowest BCUT2D eigenvalue weighted by Gasteiger charge is -2.31. The Morgan fingerprint density at radius 2 is 1.45 bits per heavy atom. The molecule has 0 amide bonds. The van der Waals surface area contributed by atoms with E-state index in [1.807, 2.05) is 30.3 Å². The smallest absolute Gasteiger partial charge is 0.253 e. The molecule has 0 spiro atoms. The Balaban J connectivity index is 1.32. The molecule has 3 aromatic carbocycles. The summed E-state index contributed by atoms with van der Waals surface area (Å²) in [4.78, 5) is 24.3. The van der Waals surface area contributed by atoms with Gasteiger partial charge in [-0.2, -0.15) is 0 Å². The van der Waals surface area contributed by atoms with Crippen LogP contribution in [0.25, 0.3) is 0 Å². The molecule has 2 N–H and O–H groups in total. The molecule has 4 rings (SSSR count). The van der Waals surface area contributed by atoms with Crippen LogP contribution in [0.1, 0.15) is 25.7 Å². The molecule has 7 nitrogen and oxygen atoms in total. The van der Waals surface area contributed by atoms with Gasteiger partial charge in [0.1, 0.15) is 17.1 Å². The fraction of sp³-hybridized carbons (Fsp3) is 0.304. The van der Waals surface area contributed by atoms with Crippen molar-refractivity contribution in [2.75, 3.05) is 16.9 Å². The van der Waals surface area contributed by atoms with Crippen LogP contribution in [0.3, 0.4) is 0 Å². The molecule has 8 heteroatoms. The van der Waals surface area contributed by atoms with Crippen LogP contribution in [0, 0.1) is 0 Å². The summed E-state index contributed by atoms with van der Waals surface area (Å²) in [6.07, 6.45) is 4.39. The summed E-state index contributed by atoms with van der Waals surface area (Å²) in [5.74, 6) is 0.639. The van der Waals surface area contributed by atoms with Crippen molar-refractivity contribution in [2.45, 2.75) is 42.7 Å². The standard InChI is InChI=1S/C23H24N2O5S/c1-31(28,29)19-13-11-18(12-14-19)30-17-9-7-16(8-10-17)25-21-20(22(26)23(21)27)24-15-5-3-2-4-6-15/h2-6,11-14,16-17,24-25H,7-10H2,1H3. The molecule has 162 valence electrons. The van der Waals surface area contributed by atoms with E-state index in [2.05, 4.69) is 10.6 Å². The zero-order valence-corrected chi connectivity index (χ0v) is 17.9. The van der Waals surface area contributed by atoms with Gasteiger partial charge in [0.05, 0.1) is 11.0 Å².